The first kappa shape index (κ1) is 27.0. The third kappa shape index (κ3) is 7.95. The van der Waals surface area contributed by atoms with Gasteiger partial charge in [0.25, 0.3) is 10.2 Å². The van der Waals surface area contributed by atoms with Gasteiger partial charge in [0.1, 0.15) is 0 Å². The highest BCUT2D eigenvalue weighted by atomic mass is 32.2. The Hall–Kier alpha value is -2.21. The molecule has 4 nitrogen and oxygen atoms in total. The Morgan fingerprint density at radius 1 is 0.697 bits per heavy atom. The van der Waals surface area contributed by atoms with Gasteiger partial charge in [0.2, 0.25) is 0 Å². The van der Waals surface area contributed by atoms with E-state index in [9.17, 15) is 8.42 Å². The van der Waals surface area contributed by atoms with E-state index in [-0.39, 0.29) is 12.1 Å². The summed E-state index contributed by atoms with van der Waals surface area (Å²) in [5, 5.41) is 0. The molecule has 2 rings (SSSR count). The molecule has 0 fully saturated rings. The van der Waals surface area contributed by atoms with Crippen LogP contribution in [0.1, 0.15) is 51.7 Å². The Morgan fingerprint density at radius 2 is 1.03 bits per heavy atom. The van der Waals surface area contributed by atoms with Crippen LogP contribution in [0, 0.1) is 11.8 Å². The molecule has 0 radical (unpaired) electrons. The molecule has 0 aliphatic heterocycles. The summed E-state index contributed by atoms with van der Waals surface area (Å²) in [6, 6.07) is 18.9. The molecule has 2 aromatic rings. The molecule has 0 N–H and O–H groups in total. The van der Waals surface area contributed by atoms with E-state index < -0.39 is 10.2 Å². The van der Waals surface area contributed by atoms with Gasteiger partial charge in [-0.05, 0) is 35.8 Å². The Balaban J connectivity index is 2.57. The van der Waals surface area contributed by atoms with Crippen molar-refractivity contribution >= 4 is 10.2 Å². The van der Waals surface area contributed by atoms with E-state index in [0.29, 0.717) is 37.8 Å². The van der Waals surface area contributed by atoms with E-state index in [0.717, 1.165) is 11.1 Å². The van der Waals surface area contributed by atoms with Crippen LogP contribution in [-0.2, 0) is 23.3 Å². The Morgan fingerprint density at radius 3 is 1.30 bits per heavy atom. The molecule has 0 saturated carbocycles. The van der Waals surface area contributed by atoms with E-state index >= 15 is 0 Å². The summed E-state index contributed by atoms with van der Waals surface area (Å²) in [7, 11) is -3.85. The highest BCUT2D eigenvalue weighted by Crippen LogP contribution is 2.27. The lowest BCUT2D eigenvalue weighted by Crippen LogP contribution is -2.51. The Kier molecular flexibility index (Phi) is 10.6. The van der Waals surface area contributed by atoms with Gasteiger partial charge in [-0.1, -0.05) is 101 Å². The quantitative estimate of drug-likeness (QED) is 0.299. The average Bonchev–Trinajstić information content (AvgIpc) is 2.79. The van der Waals surface area contributed by atoms with Gasteiger partial charge in [0.05, 0.1) is 0 Å². The van der Waals surface area contributed by atoms with E-state index in [1.54, 1.807) is 20.8 Å². The van der Waals surface area contributed by atoms with Gasteiger partial charge in [0.15, 0.2) is 0 Å². The zero-order chi connectivity index (χ0) is 24.4. The smallest absolute Gasteiger partial charge is 0.195 e. The standard InChI is InChI=1S/C28H40N2O2S/c1-7-27(19-23(3)4)29(21-25-15-11-9-12-16-25)33(31,32)30(28(8-2)20-24(5)6)22-26-17-13-10-14-18-26/h7-18,23-24,27-28H,1-2,19-22H2,3-6H3/t27-,28+. The summed E-state index contributed by atoms with van der Waals surface area (Å²) in [6.07, 6.45) is 4.95. The van der Waals surface area contributed by atoms with Crippen molar-refractivity contribution in [1.82, 2.24) is 8.61 Å². The van der Waals surface area contributed by atoms with E-state index in [4.69, 9.17) is 0 Å². The van der Waals surface area contributed by atoms with Crippen LogP contribution in [0.25, 0.3) is 0 Å². The van der Waals surface area contributed by atoms with Gasteiger partial charge in [-0.15, -0.1) is 13.2 Å². The van der Waals surface area contributed by atoms with Crippen LogP contribution in [0.5, 0.6) is 0 Å². The highest BCUT2D eigenvalue weighted by molar-refractivity contribution is 7.86. The van der Waals surface area contributed by atoms with Crippen LogP contribution in [0.15, 0.2) is 86.0 Å². The zero-order valence-corrected chi connectivity index (χ0v) is 21.4. The summed E-state index contributed by atoms with van der Waals surface area (Å²) >= 11 is 0. The molecular weight excluding hydrogens is 428 g/mol. The fourth-order valence-electron chi connectivity index (χ4n) is 4.03. The first-order valence-electron chi connectivity index (χ1n) is 11.8. The molecule has 0 aliphatic rings. The predicted molar refractivity (Wildman–Crippen MR) is 140 cm³/mol. The normalized spacial score (nSPS) is 14.1. The van der Waals surface area contributed by atoms with Crippen LogP contribution >= 0.6 is 0 Å². The van der Waals surface area contributed by atoms with Crippen molar-refractivity contribution in [2.24, 2.45) is 11.8 Å². The lowest BCUT2D eigenvalue weighted by molar-refractivity contribution is 0.252. The van der Waals surface area contributed by atoms with Gasteiger partial charge in [-0.25, -0.2) is 0 Å². The minimum atomic E-state index is -3.85. The monoisotopic (exact) mass is 468 g/mol. The summed E-state index contributed by atoms with van der Waals surface area (Å²) < 4.78 is 32.0. The third-order valence-corrected chi connectivity index (χ3v) is 7.65. The molecule has 5 heteroatoms. The van der Waals surface area contributed by atoms with Crippen LogP contribution in [0.4, 0.5) is 0 Å². The summed E-state index contributed by atoms with van der Waals surface area (Å²) in [5.74, 6) is 0.657. The lowest BCUT2D eigenvalue weighted by Gasteiger charge is -2.38. The van der Waals surface area contributed by atoms with Crippen molar-refractivity contribution in [1.29, 1.82) is 0 Å². The molecule has 2 aromatic carbocycles. The molecule has 0 spiro atoms. The molecule has 0 unspecified atom stereocenters. The molecular formula is C28H40N2O2S. The van der Waals surface area contributed by atoms with Crippen molar-refractivity contribution in [2.45, 2.75) is 65.7 Å². The second-order valence-electron chi connectivity index (χ2n) is 9.43. The second-order valence-corrected chi connectivity index (χ2v) is 11.3. The number of benzene rings is 2. The maximum Gasteiger partial charge on any atom is 0.283 e. The molecule has 0 saturated heterocycles. The van der Waals surface area contributed by atoms with Crippen molar-refractivity contribution in [2.75, 3.05) is 0 Å². The van der Waals surface area contributed by atoms with Crippen LogP contribution in [0.3, 0.4) is 0 Å². The van der Waals surface area contributed by atoms with Gasteiger partial charge in [-0.3, -0.25) is 0 Å². The van der Waals surface area contributed by atoms with E-state index in [2.05, 4.69) is 40.9 Å². The van der Waals surface area contributed by atoms with Crippen molar-refractivity contribution in [3.63, 3.8) is 0 Å². The molecule has 0 amide bonds. The molecule has 180 valence electrons. The predicted octanol–water partition coefficient (Wildman–Crippen LogP) is 6.44. The molecule has 0 aliphatic carbocycles. The number of hydrogen-bond donors (Lipinski definition) is 0. The minimum Gasteiger partial charge on any atom is -0.195 e. The minimum absolute atomic E-state index is 0.295. The molecule has 0 aromatic heterocycles. The zero-order valence-electron chi connectivity index (χ0n) is 20.6. The number of rotatable bonds is 14. The fourth-order valence-corrected chi connectivity index (χ4v) is 5.95. The first-order chi connectivity index (χ1) is 15.7. The topological polar surface area (TPSA) is 40.6 Å². The van der Waals surface area contributed by atoms with Crippen LogP contribution in [0.2, 0.25) is 0 Å². The summed E-state index contributed by atoms with van der Waals surface area (Å²) in [4.78, 5) is 0. The van der Waals surface area contributed by atoms with Crippen molar-refractivity contribution < 1.29 is 8.42 Å². The highest BCUT2D eigenvalue weighted by Gasteiger charge is 2.37. The average molecular weight is 469 g/mol. The lowest BCUT2D eigenvalue weighted by atomic mass is 10.0. The molecule has 2 atom stereocenters. The van der Waals surface area contributed by atoms with E-state index in [1.807, 2.05) is 60.7 Å². The summed E-state index contributed by atoms with van der Waals surface area (Å²) in [5.41, 5.74) is 1.91. The molecule has 0 heterocycles. The summed E-state index contributed by atoms with van der Waals surface area (Å²) in [6.45, 7) is 17.0. The largest absolute Gasteiger partial charge is 0.283 e. The van der Waals surface area contributed by atoms with Crippen LogP contribution < -0.4 is 0 Å². The second kappa shape index (κ2) is 12.9. The SMILES string of the molecule is C=C[C@H](CC(C)C)N(Cc1ccccc1)S(=O)(=O)N(Cc1ccccc1)[C@@H](C=C)CC(C)C. The van der Waals surface area contributed by atoms with Gasteiger partial charge < -0.3 is 0 Å². The fraction of sp³-hybridized carbons (Fsp3) is 0.429. The van der Waals surface area contributed by atoms with Gasteiger partial charge in [-0.2, -0.15) is 17.0 Å². The van der Waals surface area contributed by atoms with Crippen molar-refractivity contribution in [3.8, 4) is 0 Å². The van der Waals surface area contributed by atoms with Gasteiger partial charge in [0, 0.05) is 25.2 Å². The number of nitrogens with zero attached hydrogens (tertiary/aromatic N) is 2. The van der Waals surface area contributed by atoms with Gasteiger partial charge >= 0.3 is 0 Å². The van der Waals surface area contributed by atoms with E-state index in [1.165, 1.54) is 0 Å². The van der Waals surface area contributed by atoms with Crippen molar-refractivity contribution in [3.05, 3.63) is 97.1 Å². The number of hydrogen-bond acceptors (Lipinski definition) is 2. The third-order valence-electron chi connectivity index (χ3n) is 5.66. The first-order valence-corrected chi connectivity index (χ1v) is 13.2. The maximum atomic E-state index is 14.4. The molecule has 0 bridgehead atoms. The maximum absolute atomic E-state index is 14.4. The Bertz CT molecular complexity index is 882. The molecule has 33 heavy (non-hydrogen) atoms. The van der Waals surface area contributed by atoms with Crippen LogP contribution in [-0.4, -0.2) is 29.1 Å². The Labute approximate surface area is 201 Å².